The minimum atomic E-state index is 0.0497. The molecule has 0 fully saturated rings. The SMILES string of the molecule is NCCC(=O)n1ccc2ccccc21. The van der Waals surface area contributed by atoms with Crippen LogP contribution in [0.25, 0.3) is 10.9 Å². The Kier molecular flexibility index (Phi) is 2.33. The summed E-state index contributed by atoms with van der Waals surface area (Å²) < 4.78 is 1.65. The Bertz CT molecular complexity index is 459. The molecular weight excluding hydrogens is 176 g/mol. The highest BCUT2D eigenvalue weighted by molar-refractivity contribution is 5.92. The number of para-hydroxylation sites is 1. The summed E-state index contributed by atoms with van der Waals surface area (Å²) in [5, 5.41) is 1.08. The number of fused-ring (bicyclic) bond motifs is 1. The molecule has 1 heterocycles. The smallest absolute Gasteiger partial charge is 0.232 e. The van der Waals surface area contributed by atoms with Crippen LogP contribution in [0.4, 0.5) is 0 Å². The fourth-order valence-corrected chi connectivity index (χ4v) is 1.54. The molecular formula is C11H12N2O. The van der Waals surface area contributed by atoms with E-state index in [-0.39, 0.29) is 5.91 Å². The van der Waals surface area contributed by atoms with Crippen LogP contribution >= 0.6 is 0 Å². The van der Waals surface area contributed by atoms with E-state index in [2.05, 4.69) is 0 Å². The van der Waals surface area contributed by atoms with Crippen molar-refractivity contribution in [3.63, 3.8) is 0 Å². The minimum absolute atomic E-state index is 0.0497. The highest BCUT2D eigenvalue weighted by atomic mass is 16.2. The Morgan fingerprint density at radius 2 is 2.07 bits per heavy atom. The maximum Gasteiger partial charge on any atom is 0.232 e. The third kappa shape index (κ3) is 1.42. The van der Waals surface area contributed by atoms with Crippen LogP contribution in [0.2, 0.25) is 0 Å². The molecule has 1 aromatic heterocycles. The molecule has 1 aromatic carbocycles. The van der Waals surface area contributed by atoms with E-state index in [1.165, 1.54) is 0 Å². The van der Waals surface area contributed by atoms with Gasteiger partial charge in [-0.3, -0.25) is 9.36 Å². The highest BCUT2D eigenvalue weighted by Crippen LogP contribution is 2.15. The number of nitrogens with two attached hydrogens (primary N) is 1. The fraction of sp³-hybridized carbons (Fsp3) is 0.182. The van der Waals surface area contributed by atoms with Crippen LogP contribution < -0.4 is 5.73 Å². The largest absolute Gasteiger partial charge is 0.330 e. The van der Waals surface area contributed by atoms with Crippen molar-refractivity contribution in [2.75, 3.05) is 6.54 Å². The molecule has 0 saturated carbocycles. The molecule has 0 unspecified atom stereocenters. The quantitative estimate of drug-likeness (QED) is 0.778. The molecule has 0 amide bonds. The zero-order valence-electron chi connectivity index (χ0n) is 7.81. The van der Waals surface area contributed by atoms with Crippen molar-refractivity contribution in [3.8, 4) is 0 Å². The number of hydrogen-bond donors (Lipinski definition) is 1. The topological polar surface area (TPSA) is 48.0 Å². The van der Waals surface area contributed by atoms with E-state index >= 15 is 0 Å². The monoisotopic (exact) mass is 188 g/mol. The highest BCUT2D eigenvalue weighted by Gasteiger charge is 2.06. The lowest BCUT2D eigenvalue weighted by Crippen LogP contribution is -2.14. The predicted octanol–water partition coefficient (Wildman–Crippen LogP) is 1.63. The molecule has 0 radical (unpaired) electrons. The van der Waals surface area contributed by atoms with Gasteiger partial charge < -0.3 is 5.73 Å². The first-order chi connectivity index (χ1) is 6.83. The fourth-order valence-electron chi connectivity index (χ4n) is 1.54. The Labute approximate surface area is 82.1 Å². The molecule has 0 atom stereocenters. The normalized spacial score (nSPS) is 10.6. The average molecular weight is 188 g/mol. The van der Waals surface area contributed by atoms with Gasteiger partial charge in [-0.2, -0.15) is 0 Å². The number of carbonyl (C=O) groups is 1. The number of aromatic nitrogens is 1. The van der Waals surface area contributed by atoms with Gasteiger partial charge in [0.2, 0.25) is 5.91 Å². The van der Waals surface area contributed by atoms with Crippen LogP contribution in [-0.4, -0.2) is 17.0 Å². The first-order valence-electron chi connectivity index (χ1n) is 4.62. The Balaban J connectivity index is 2.47. The van der Waals surface area contributed by atoms with Crippen molar-refractivity contribution in [1.29, 1.82) is 0 Å². The molecule has 0 saturated heterocycles. The standard InChI is InChI=1S/C11H12N2O/c12-7-5-11(14)13-8-6-9-3-1-2-4-10(9)13/h1-4,6,8H,5,7,12H2. The third-order valence-electron chi connectivity index (χ3n) is 2.23. The number of carbonyl (C=O) groups excluding carboxylic acids is 1. The van der Waals surface area contributed by atoms with E-state index in [0.29, 0.717) is 13.0 Å². The van der Waals surface area contributed by atoms with Gasteiger partial charge in [-0.05, 0) is 12.1 Å². The summed E-state index contributed by atoms with van der Waals surface area (Å²) in [4.78, 5) is 11.6. The van der Waals surface area contributed by atoms with Crippen LogP contribution in [0, 0.1) is 0 Å². The van der Waals surface area contributed by atoms with Gasteiger partial charge in [0.05, 0.1) is 5.52 Å². The van der Waals surface area contributed by atoms with Crippen LogP contribution in [0.3, 0.4) is 0 Å². The van der Waals surface area contributed by atoms with Crippen LogP contribution in [0.15, 0.2) is 36.5 Å². The molecule has 2 rings (SSSR count). The Morgan fingerprint density at radius 3 is 2.86 bits per heavy atom. The van der Waals surface area contributed by atoms with Crippen molar-refractivity contribution < 1.29 is 4.79 Å². The summed E-state index contributed by atoms with van der Waals surface area (Å²) in [5.74, 6) is 0.0497. The van der Waals surface area contributed by atoms with Crippen molar-refractivity contribution in [1.82, 2.24) is 4.57 Å². The van der Waals surface area contributed by atoms with Crippen LogP contribution in [0.5, 0.6) is 0 Å². The molecule has 0 spiro atoms. The lowest BCUT2D eigenvalue weighted by Gasteiger charge is -2.01. The number of nitrogens with zero attached hydrogens (tertiary/aromatic N) is 1. The van der Waals surface area contributed by atoms with Gasteiger partial charge in [-0.15, -0.1) is 0 Å². The molecule has 3 nitrogen and oxygen atoms in total. The molecule has 2 N–H and O–H groups in total. The zero-order chi connectivity index (χ0) is 9.97. The minimum Gasteiger partial charge on any atom is -0.330 e. The van der Waals surface area contributed by atoms with E-state index in [1.54, 1.807) is 10.8 Å². The summed E-state index contributed by atoms with van der Waals surface area (Å²) in [6.45, 7) is 0.394. The molecule has 0 aliphatic carbocycles. The number of benzene rings is 1. The van der Waals surface area contributed by atoms with Crippen molar-refractivity contribution in [3.05, 3.63) is 36.5 Å². The Morgan fingerprint density at radius 1 is 1.29 bits per heavy atom. The first-order valence-corrected chi connectivity index (χ1v) is 4.62. The summed E-state index contributed by atoms with van der Waals surface area (Å²) >= 11 is 0. The average Bonchev–Trinajstić information content (AvgIpc) is 2.61. The molecule has 2 aromatic rings. The molecule has 0 aliphatic rings. The van der Waals surface area contributed by atoms with E-state index in [1.807, 2.05) is 30.3 Å². The second kappa shape index (κ2) is 3.64. The van der Waals surface area contributed by atoms with E-state index < -0.39 is 0 Å². The summed E-state index contributed by atoms with van der Waals surface area (Å²) in [6, 6.07) is 9.74. The van der Waals surface area contributed by atoms with E-state index in [9.17, 15) is 4.79 Å². The van der Waals surface area contributed by atoms with Gasteiger partial charge in [0.25, 0.3) is 0 Å². The maximum atomic E-state index is 11.6. The lowest BCUT2D eigenvalue weighted by atomic mass is 10.2. The Hall–Kier alpha value is -1.61. The molecule has 0 aliphatic heterocycles. The summed E-state index contributed by atoms with van der Waals surface area (Å²) in [5.41, 5.74) is 6.30. The summed E-state index contributed by atoms with van der Waals surface area (Å²) in [6.07, 6.45) is 2.18. The summed E-state index contributed by atoms with van der Waals surface area (Å²) in [7, 11) is 0. The maximum absolute atomic E-state index is 11.6. The van der Waals surface area contributed by atoms with Crippen LogP contribution in [0.1, 0.15) is 11.2 Å². The third-order valence-corrected chi connectivity index (χ3v) is 2.23. The molecule has 0 bridgehead atoms. The molecule has 3 heteroatoms. The van der Waals surface area contributed by atoms with Gasteiger partial charge in [0, 0.05) is 24.5 Å². The zero-order valence-corrected chi connectivity index (χ0v) is 7.81. The van der Waals surface area contributed by atoms with Crippen molar-refractivity contribution in [2.24, 2.45) is 5.73 Å². The van der Waals surface area contributed by atoms with Gasteiger partial charge in [0.1, 0.15) is 0 Å². The second-order valence-corrected chi connectivity index (χ2v) is 3.18. The number of hydrogen-bond acceptors (Lipinski definition) is 2. The molecule has 72 valence electrons. The first kappa shape index (κ1) is 8.97. The second-order valence-electron chi connectivity index (χ2n) is 3.18. The van der Waals surface area contributed by atoms with E-state index in [0.717, 1.165) is 10.9 Å². The van der Waals surface area contributed by atoms with Gasteiger partial charge in [-0.1, -0.05) is 18.2 Å². The van der Waals surface area contributed by atoms with E-state index in [4.69, 9.17) is 5.73 Å². The van der Waals surface area contributed by atoms with Gasteiger partial charge >= 0.3 is 0 Å². The molecule has 14 heavy (non-hydrogen) atoms. The lowest BCUT2D eigenvalue weighted by molar-refractivity contribution is 0.0911. The van der Waals surface area contributed by atoms with Crippen LogP contribution in [-0.2, 0) is 0 Å². The number of rotatable bonds is 2. The van der Waals surface area contributed by atoms with Crippen molar-refractivity contribution >= 4 is 16.8 Å². The predicted molar refractivity (Wildman–Crippen MR) is 56.2 cm³/mol. The van der Waals surface area contributed by atoms with Crippen molar-refractivity contribution in [2.45, 2.75) is 6.42 Å². The van der Waals surface area contributed by atoms with Gasteiger partial charge in [0.15, 0.2) is 0 Å². The van der Waals surface area contributed by atoms with Gasteiger partial charge in [-0.25, -0.2) is 0 Å².